The Morgan fingerprint density at radius 2 is 1.04 bits per heavy atom. The van der Waals surface area contributed by atoms with E-state index in [1.165, 1.54) is 12.8 Å². The van der Waals surface area contributed by atoms with E-state index in [-0.39, 0.29) is 10.8 Å². The lowest BCUT2D eigenvalue weighted by molar-refractivity contribution is -0.124. The van der Waals surface area contributed by atoms with E-state index in [1.54, 1.807) is 0 Å². The maximum Gasteiger partial charge on any atom is 0.509 e. The monoisotopic (exact) mass is 338 g/mol. The topological polar surface area (TPSA) is 35.5 Å². The zero-order chi connectivity index (χ0) is 18.4. The summed E-state index contributed by atoms with van der Waals surface area (Å²) in [5.74, 6) is 1.13. The first-order valence-corrected chi connectivity index (χ1v) is 9.64. The molecule has 2 aliphatic carbocycles. The fourth-order valence-electron chi connectivity index (χ4n) is 6.40. The van der Waals surface area contributed by atoms with Gasteiger partial charge in [0.25, 0.3) is 0 Å². The smallest absolute Gasteiger partial charge is 0.428 e. The fraction of sp³-hybridized carbons (Fsp3) is 0.952. The number of hydrogen-bond acceptors (Lipinski definition) is 3. The van der Waals surface area contributed by atoms with Crippen LogP contribution in [-0.2, 0) is 9.47 Å². The van der Waals surface area contributed by atoms with Gasteiger partial charge in [0, 0.05) is 0 Å². The number of carbonyl (C=O) groups excluding carboxylic acids is 1. The van der Waals surface area contributed by atoms with E-state index in [0.717, 1.165) is 25.7 Å². The van der Waals surface area contributed by atoms with Crippen molar-refractivity contribution >= 4 is 6.16 Å². The lowest BCUT2D eigenvalue weighted by Crippen LogP contribution is -2.47. The average molecular weight is 339 g/mol. The van der Waals surface area contributed by atoms with Crippen LogP contribution in [-0.4, -0.2) is 17.4 Å². The quantitative estimate of drug-likeness (QED) is 0.550. The zero-order valence-electron chi connectivity index (χ0n) is 17.1. The minimum Gasteiger partial charge on any atom is -0.428 e. The van der Waals surface area contributed by atoms with Gasteiger partial charge in [0.1, 0.15) is 11.2 Å². The molecule has 4 atom stereocenters. The molecule has 0 spiro atoms. The highest BCUT2D eigenvalue weighted by molar-refractivity contribution is 5.61. The summed E-state index contributed by atoms with van der Waals surface area (Å²) >= 11 is 0. The van der Waals surface area contributed by atoms with Crippen LogP contribution in [0.3, 0.4) is 0 Å². The molecule has 2 fully saturated rings. The van der Waals surface area contributed by atoms with Gasteiger partial charge in [0.15, 0.2) is 0 Å². The van der Waals surface area contributed by atoms with Gasteiger partial charge in [-0.25, -0.2) is 4.79 Å². The summed E-state index contributed by atoms with van der Waals surface area (Å²) in [5, 5.41) is 0. The molecular weight excluding hydrogens is 300 g/mol. The predicted molar refractivity (Wildman–Crippen MR) is 98.0 cm³/mol. The minimum atomic E-state index is -0.477. The van der Waals surface area contributed by atoms with Crippen molar-refractivity contribution in [1.29, 1.82) is 0 Å². The molecule has 2 aliphatic rings. The molecule has 2 saturated carbocycles. The summed E-state index contributed by atoms with van der Waals surface area (Å²) in [5.41, 5.74) is -0.412. The Kier molecular flexibility index (Phi) is 5.07. The van der Waals surface area contributed by atoms with Crippen molar-refractivity contribution in [2.24, 2.45) is 22.7 Å². The van der Waals surface area contributed by atoms with E-state index in [0.29, 0.717) is 11.8 Å². The zero-order valence-corrected chi connectivity index (χ0v) is 17.1. The van der Waals surface area contributed by atoms with Gasteiger partial charge in [0.05, 0.1) is 0 Å². The second-order valence-corrected chi connectivity index (χ2v) is 11.1. The Labute approximate surface area is 148 Å². The number of rotatable bonds is 2. The predicted octanol–water partition coefficient (Wildman–Crippen LogP) is 6.35. The lowest BCUT2D eigenvalue weighted by atomic mass is 9.66. The van der Waals surface area contributed by atoms with E-state index in [9.17, 15) is 4.79 Å². The second kappa shape index (κ2) is 6.21. The molecule has 0 amide bonds. The molecule has 0 aromatic heterocycles. The van der Waals surface area contributed by atoms with Gasteiger partial charge in [-0.1, -0.05) is 41.5 Å². The van der Waals surface area contributed by atoms with Gasteiger partial charge in [-0.05, 0) is 75.0 Å². The summed E-state index contributed by atoms with van der Waals surface area (Å²) in [7, 11) is 0. The number of hydrogen-bond donors (Lipinski definition) is 0. The maximum atomic E-state index is 12.6. The van der Waals surface area contributed by atoms with Crippen LogP contribution in [0.15, 0.2) is 0 Å². The highest BCUT2D eigenvalue weighted by Gasteiger charge is 2.46. The van der Waals surface area contributed by atoms with E-state index in [4.69, 9.17) is 9.47 Å². The third-order valence-electron chi connectivity index (χ3n) is 5.73. The normalized spacial score (nSPS) is 41.5. The first-order valence-electron chi connectivity index (χ1n) is 9.64. The van der Waals surface area contributed by atoms with Gasteiger partial charge < -0.3 is 9.47 Å². The van der Waals surface area contributed by atoms with E-state index in [2.05, 4.69) is 55.4 Å². The number of carbonyl (C=O) groups is 1. The summed E-state index contributed by atoms with van der Waals surface area (Å²) in [6.07, 6.45) is 5.54. The van der Waals surface area contributed by atoms with Crippen LogP contribution in [0.2, 0.25) is 0 Å². The van der Waals surface area contributed by atoms with Crippen LogP contribution in [0.25, 0.3) is 0 Å². The average Bonchev–Trinajstić information content (AvgIpc) is 2.17. The number of ether oxygens (including phenoxy) is 2. The Morgan fingerprint density at radius 3 is 1.33 bits per heavy atom. The van der Waals surface area contributed by atoms with Crippen LogP contribution < -0.4 is 0 Å². The van der Waals surface area contributed by atoms with E-state index < -0.39 is 17.4 Å². The van der Waals surface area contributed by atoms with Gasteiger partial charge in [0.2, 0.25) is 0 Å². The molecule has 4 unspecified atom stereocenters. The van der Waals surface area contributed by atoms with Crippen molar-refractivity contribution < 1.29 is 14.3 Å². The van der Waals surface area contributed by atoms with Crippen LogP contribution in [0.4, 0.5) is 4.79 Å². The standard InChI is InChI=1S/C21H38O3/c1-15-9-18(3,4)13-20(7,11-15)23-17(22)24-21(8)12-16(2)10-19(5,6)14-21/h15-16H,9-14H2,1-8H3. The maximum absolute atomic E-state index is 12.6. The molecule has 3 nitrogen and oxygen atoms in total. The summed E-state index contributed by atoms with van der Waals surface area (Å²) in [6.45, 7) is 17.7. The molecule has 0 aliphatic heterocycles. The van der Waals surface area contributed by atoms with Gasteiger partial charge in [-0.2, -0.15) is 0 Å². The van der Waals surface area contributed by atoms with Crippen molar-refractivity contribution in [3.05, 3.63) is 0 Å². The van der Waals surface area contributed by atoms with Crippen molar-refractivity contribution in [2.45, 2.75) is 105 Å². The molecular formula is C21H38O3. The van der Waals surface area contributed by atoms with Crippen LogP contribution in [0.5, 0.6) is 0 Å². The summed E-state index contributed by atoms with van der Waals surface area (Å²) < 4.78 is 11.8. The Bertz CT molecular complexity index is 439. The molecule has 0 bridgehead atoms. The Morgan fingerprint density at radius 1 is 0.708 bits per heavy atom. The molecule has 0 heterocycles. The molecule has 0 N–H and O–H groups in total. The van der Waals surface area contributed by atoms with Gasteiger partial charge in [-0.15, -0.1) is 0 Å². The molecule has 2 rings (SSSR count). The van der Waals surface area contributed by atoms with Crippen molar-refractivity contribution in [2.75, 3.05) is 0 Å². The third kappa shape index (κ3) is 5.13. The molecule has 0 radical (unpaired) electrons. The highest BCUT2D eigenvalue weighted by atomic mass is 16.7. The van der Waals surface area contributed by atoms with E-state index >= 15 is 0 Å². The van der Waals surface area contributed by atoms with E-state index in [1.807, 2.05) is 0 Å². The molecule has 0 saturated heterocycles. The van der Waals surface area contributed by atoms with Gasteiger partial charge in [-0.3, -0.25) is 0 Å². The minimum absolute atomic E-state index is 0.206. The first kappa shape index (κ1) is 19.6. The molecule has 3 heteroatoms. The third-order valence-corrected chi connectivity index (χ3v) is 5.73. The second-order valence-electron chi connectivity index (χ2n) is 11.1. The summed E-state index contributed by atoms with van der Waals surface area (Å²) in [6, 6.07) is 0. The van der Waals surface area contributed by atoms with Crippen LogP contribution in [0, 0.1) is 22.7 Å². The van der Waals surface area contributed by atoms with Crippen LogP contribution in [0.1, 0.15) is 93.9 Å². The Hall–Kier alpha value is -0.730. The molecule has 0 aromatic carbocycles. The fourth-order valence-corrected chi connectivity index (χ4v) is 6.40. The summed E-state index contributed by atoms with van der Waals surface area (Å²) in [4.78, 5) is 12.6. The van der Waals surface area contributed by atoms with Crippen molar-refractivity contribution in [3.63, 3.8) is 0 Å². The van der Waals surface area contributed by atoms with Crippen molar-refractivity contribution in [1.82, 2.24) is 0 Å². The SMILES string of the molecule is CC1CC(C)(C)CC(C)(OC(=O)OC2(C)CC(C)CC(C)(C)C2)C1. The lowest BCUT2D eigenvalue weighted by Gasteiger charge is -2.47. The molecule has 24 heavy (non-hydrogen) atoms. The largest absolute Gasteiger partial charge is 0.509 e. The van der Waals surface area contributed by atoms with Crippen LogP contribution >= 0.6 is 0 Å². The Balaban J connectivity index is 2.02. The van der Waals surface area contributed by atoms with Crippen molar-refractivity contribution in [3.8, 4) is 0 Å². The van der Waals surface area contributed by atoms with Gasteiger partial charge >= 0.3 is 6.16 Å². The first-order chi connectivity index (χ1) is 10.7. The highest BCUT2D eigenvalue weighted by Crippen LogP contribution is 2.47. The molecule has 140 valence electrons. The molecule has 0 aromatic rings.